The number of fused-ring (bicyclic) bond motifs is 3. The molecule has 0 aliphatic heterocycles. The summed E-state index contributed by atoms with van der Waals surface area (Å²) in [6.07, 6.45) is 0. The number of pyridine rings is 1. The van der Waals surface area contributed by atoms with Crippen LogP contribution in [-0.2, 0) is 0 Å². The van der Waals surface area contributed by atoms with Gasteiger partial charge in [-0.3, -0.25) is 4.79 Å². The van der Waals surface area contributed by atoms with Gasteiger partial charge in [-0.15, -0.1) is 11.3 Å². The second-order valence-corrected chi connectivity index (χ2v) is 6.90. The lowest BCUT2D eigenvalue weighted by Crippen LogP contribution is -2.07. The maximum Gasteiger partial charge on any atom is 0.269 e. The first-order valence-electron chi connectivity index (χ1n) is 7.09. The standard InChI is InChI=1S/C17H12ClN3OS/c1-8-7-9(2)19-17-12(8)13-14(23-17)16(22)21-15(20-13)10-3-5-11(18)6-4-10/h3-7H,1-2H3,(H,20,21,22). The van der Waals surface area contributed by atoms with Crippen LogP contribution in [0.4, 0.5) is 0 Å². The molecule has 0 radical (unpaired) electrons. The Morgan fingerprint density at radius 1 is 1.13 bits per heavy atom. The minimum Gasteiger partial charge on any atom is -0.305 e. The van der Waals surface area contributed by atoms with Gasteiger partial charge in [0.25, 0.3) is 5.56 Å². The van der Waals surface area contributed by atoms with Crippen molar-refractivity contribution in [2.24, 2.45) is 0 Å². The average Bonchev–Trinajstić information content (AvgIpc) is 2.87. The third kappa shape index (κ3) is 2.33. The number of hydrogen-bond donors (Lipinski definition) is 1. The van der Waals surface area contributed by atoms with Crippen LogP contribution in [0.1, 0.15) is 11.3 Å². The van der Waals surface area contributed by atoms with Crippen molar-refractivity contribution in [1.82, 2.24) is 15.0 Å². The van der Waals surface area contributed by atoms with Crippen LogP contribution < -0.4 is 5.56 Å². The van der Waals surface area contributed by atoms with E-state index in [9.17, 15) is 4.79 Å². The quantitative estimate of drug-likeness (QED) is 0.555. The number of benzene rings is 1. The predicted molar refractivity (Wildman–Crippen MR) is 95.5 cm³/mol. The van der Waals surface area contributed by atoms with Gasteiger partial charge < -0.3 is 4.98 Å². The van der Waals surface area contributed by atoms with Crippen LogP contribution in [0.3, 0.4) is 0 Å². The number of H-pyrrole nitrogens is 1. The van der Waals surface area contributed by atoms with Gasteiger partial charge in [0.05, 0.1) is 5.52 Å². The fraction of sp³-hybridized carbons (Fsp3) is 0.118. The Kier molecular flexibility index (Phi) is 3.21. The summed E-state index contributed by atoms with van der Waals surface area (Å²) in [7, 11) is 0. The van der Waals surface area contributed by atoms with Crippen LogP contribution >= 0.6 is 22.9 Å². The number of halogens is 1. The molecule has 0 aliphatic rings. The lowest BCUT2D eigenvalue weighted by molar-refractivity contribution is 1.19. The molecule has 1 N–H and O–H groups in total. The van der Waals surface area contributed by atoms with Crippen molar-refractivity contribution in [2.75, 3.05) is 0 Å². The topological polar surface area (TPSA) is 58.6 Å². The minimum absolute atomic E-state index is 0.139. The summed E-state index contributed by atoms with van der Waals surface area (Å²) in [5, 5.41) is 1.60. The molecule has 0 amide bonds. The smallest absolute Gasteiger partial charge is 0.269 e. The molecule has 0 saturated heterocycles. The molecule has 114 valence electrons. The van der Waals surface area contributed by atoms with Crippen molar-refractivity contribution in [1.29, 1.82) is 0 Å². The van der Waals surface area contributed by atoms with Crippen molar-refractivity contribution in [3.05, 3.63) is 57.0 Å². The van der Waals surface area contributed by atoms with Crippen LogP contribution in [0.2, 0.25) is 5.02 Å². The fourth-order valence-corrected chi connectivity index (χ4v) is 3.99. The summed E-state index contributed by atoms with van der Waals surface area (Å²) < 4.78 is 0.610. The van der Waals surface area contributed by atoms with E-state index in [1.807, 2.05) is 32.0 Å². The van der Waals surface area contributed by atoms with Gasteiger partial charge in [-0.1, -0.05) is 11.6 Å². The molecular formula is C17H12ClN3OS. The van der Waals surface area contributed by atoms with E-state index in [1.165, 1.54) is 11.3 Å². The molecule has 4 nitrogen and oxygen atoms in total. The number of aromatic amines is 1. The highest BCUT2D eigenvalue weighted by atomic mass is 35.5. The number of nitrogens with one attached hydrogen (secondary N) is 1. The van der Waals surface area contributed by atoms with E-state index in [-0.39, 0.29) is 5.56 Å². The zero-order valence-corrected chi connectivity index (χ0v) is 14.0. The fourth-order valence-electron chi connectivity index (χ4n) is 2.73. The van der Waals surface area contributed by atoms with Crippen LogP contribution in [0.15, 0.2) is 35.1 Å². The van der Waals surface area contributed by atoms with E-state index in [0.29, 0.717) is 21.1 Å². The van der Waals surface area contributed by atoms with Crippen LogP contribution in [0.5, 0.6) is 0 Å². The first-order chi connectivity index (χ1) is 11.0. The maximum absolute atomic E-state index is 12.5. The molecule has 3 heterocycles. The van der Waals surface area contributed by atoms with Crippen molar-refractivity contribution in [2.45, 2.75) is 13.8 Å². The van der Waals surface area contributed by atoms with Crippen molar-refractivity contribution < 1.29 is 0 Å². The number of nitrogens with zero attached hydrogens (tertiary/aromatic N) is 2. The Balaban J connectivity index is 2.08. The van der Waals surface area contributed by atoms with Crippen LogP contribution in [0, 0.1) is 13.8 Å². The molecular weight excluding hydrogens is 330 g/mol. The van der Waals surface area contributed by atoms with E-state index < -0.39 is 0 Å². The lowest BCUT2D eigenvalue weighted by atomic mass is 10.1. The van der Waals surface area contributed by atoms with Gasteiger partial charge in [-0.05, 0) is 49.7 Å². The molecule has 4 aromatic rings. The van der Waals surface area contributed by atoms with E-state index in [1.54, 1.807) is 12.1 Å². The normalized spacial score (nSPS) is 11.4. The summed E-state index contributed by atoms with van der Waals surface area (Å²) in [6.45, 7) is 3.97. The summed E-state index contributed by atoms with van der Waals surface area (Å²) in [5.74, 6) is 0.541. The van der Waals surface area contributed by atoms with Crippen LogP contribution in [-0.4, -0.2) is 15.0 Å². The number of thiophene rings is 1. The van der Waals surface area contributed by atoms with Gasteiger partial charge in [0.2, 0.25) is 0 Å². The molecule has 3 aromatic heterocycles. The first-order valence-corrected chi connectivity index (χ1v) is 8.29. The third-order valence-electron chi connectivity index (χ3n) is 3.74. The Hall–Kier alpha value is -2.24. The SMILES string of the molecule is Cc1cc(C)c2c(n1)sc1c(=O)[nH]c(-c3ccc(Cl)cc3)nc12. The summed E-state index contributed by atoms with van der Waals surface area (Å²) in [6, 6.07) is 9.26. The molecule has 0 fully saturated rings. The van der Waals surface area contributed by atoms with Gasteiger partial charge in [-0.25, -0.2) is 9.97 Å². The molecule has 0 saturated carbocycles. The highest BCUT2D eigenvalue weighted by Gasteiger charge is 2.15. The second kappa shape index (κ2) is 5.15. The highest BCUT2D eigenvalue weighted by molar-refractivity contribution is 7.25. The van der Waals surface area contributed by atoms with Gasteiger partial charge in [0.15, 0.2) is 0 Å². The Morgan fingerprint density at radius 3 is 2.61 bits per heavy atom. The number of aryl methyl sites for hydroxylation is 2. The van der Waals surface area contributed by atoms with E-state index >= 15 is 0 Å². The van der Waals surface area contributed by atoms with Crippen LogP contribution in [0.25, 0.3) is 31.8 Å². The predicted octanol–water partition coefficient (Wildman–Crippen LogP) is 4.47. The lowest BCUT2D eigenvalue weighted by Gasteiger charge is -2.02. The summed E-state index contributed by atoms with van der Waals surface area (Å²) in [5.41, 5.74) is 3.42. The second-order valence-electron chi connectivity index (χ2n) is 5.46. The van der Waals surface area contributed by atoms with Crippen molar-refractivity contribution in [3.8, 4) is 11.4 Å². The molecule has 23 heavy (non-hydrogen) atoms. The maximum atomic E-state index is 12.5. The molecule has 1 aromatic carbocycles. The monoisotopic (exact) mass is 341 g/mol. The zero-order chi connectivity index (χ0) is 16.1. The average molecular weight is 342 g/mol. The Morgan fingerprint density at radius 2 is 1.87 bits per heavy atom. The van der Waals surface area contributed by atoms with Crippen molar-refractivity contribution in [3.63, 3.8) is 0 Å². The molecule has 6 heteroatoms. The number of hydrogen-bond acceptors (Lipinski definition) is 4. The van der Waals surface area contributed by atoms with E-state index in [2.05, 4.69) is 15.0 Å². The van der Waals surface area contributed by atoms with Gasteiger partial charge in [-0.2, -0.15) is 0 Å². The summed E-state index contributed by atoms with van der Waals surface area (Å²) >= 11 is 7.31. The van der Waals surface area contributed by atoms with Gasteiger partial charge in [0.1, 0.15) is 15.4 Å². The Bertz CT molecular complexity index is 1110. The molecule has 4 rings (SSSR count). The highest BCUT2D eigenvalue weighted by Crippen LogP contribution is 2.32. The van der Waals surface area contributed by atoms with E-state index in [0.717, 1.165) is 27.0 Å². The largest absolute Gasteiger partial charge is 0.305 e. The minimum atomic E-state index is -0.139. The molecule has 0 atom stereocenters. The molecule has 0 spiro atoms. The number of aromatic nitrogens is 3. The molecule has 0 unspecified atom stereocenters. The first kappa shape index (κ1) is 14.4. The summed E-state index contributed by atoms with van der Waals surface area (Å²) in [4.78, 5) is 25.4. The zero-order valence-electron chi connectivity index (χ0n) is 12.5. The molecule has 0 bridgehead atoms. The van der Waals surface area contributed by atoms with Gasteiger partial charge in [0, 0.05) is 21.7 Å². The Labute approximate surface area is 140 Å². The van der Waals surface area contributed by atoms with Gasteiger partial charge >= 0.3 is 0 Å². The third-order valence-corrected chi connectivity index (χ3v) is 5.07. The van der Waals surface area contributed by atoms with Crippen molar-refractivity contribution >= 4 is 43.4 Å². The van der Waals surface area contributed by atoms with E-state index in [4.69, 9.17) is 11.6 Å². The number of rotatable bonds is 1. The molecule has 0 aliphatic carbocycles.